The van der Waals surface area contributed by atoms with Gasteiger partial charge in [0.15, 0.2) is 0 Å². The topological polar surface area (TPSA) is 38.0 Å². The third-order valence-corrected chi connectivity index (χ3v) is 2.42. The van der Waals surface area contributed by atoms with Crippen molar-refractivity contribution in [2.45, 2.75) is 24.9 Å². The molecule has 1 aliphatic heterocycles. The summed E-state index contributed by atoms with van der Waals surface area (Å²) < 4.78 is 0. The zero-order chi connectivity index (χ0) is 5.56. The molecule has 2 aliphatic rings. The summed E-state index contributed by atoms with van der Waals surface area (Å²) in [6, 6.07) is 1.29. The fraction of sp³-hybridized carbons (Fsp3) is 1.00. The molecular weight excluding hydrogens is 100 g/mol. The van der Waals surface area contributed by atoms with Crippen LogP contribution in [0, 0.1) is 5.92 Å². The van der Waals surface area contributed by atoms with E-state index in [-0.39, 0.29) is 0 Å². The van der Waals surface area contributed by atoms with Crippen molar-refractivity contribution < 1.29 is 0 Å². The van der Waals surface area contributed by atoms with Crippen LogP contribution in [0.5, 0.6) is 0 Å². The van der Waals surface area contributed by atoms with Gasteiger partial charge in [-0.15, -0.1) is 0 Å². The molecule has 2 rings (SSSR count). The molecular formula is C6H12N2. The zero-order valence-electron chi connectivity index (χ0n) is 4.93. The number of hydrogen-bond acceptors (Lipinski definition) is 2. The Bertz CT molecular complexity index is 101. The van der Waals surface area contributed by atoms with Gasteiger partial charge in [-0.05, 0) is 25.3 Å². The number of fused-ring (bicyclic) bond motifs is 2. The van der Waals surface area contributed by atoms with Crippen LogP contribution in [-0.4, -0.2) is 18.6 Å². The highest BCUT2D eigenvalue weighted by Crippen LogP contribution is 2.29. The third kappa shape index (κ3) is 0.501. The smallest absolute Gasteiger partial charge is 0.00946 e. The summed E-state index contributed by atoms with van der Waals surface area (Å²) in [6.07, 6.45) is 2.55. The van der Waals surface area contributed by atoms with Crippen LogP contribution >= 0.6 is 0 Å². The molecule has 0 unspecified atom stereocenters. The summed E-state index contributed by atoms with van der Waals surface area (Å²) in [5, 5.41) is 3.41. The Morgan fingerprint density at radius 2 is 2.25 bits per heavy atom. The van der Waals surface area contributed by atoms with E-state index in [0.717, 1.165) is 12.0 Å². The van der Waals surface area contributed by atoms with Crippen molar-refractivity contribution in [1.29, 1.82) is 0 Å². The van der Waals surface area contributed by atoms with E-state index in [0.29, 0.717) is 6.04 Å². The van der Waals surface area contributed by atoms with Gasteiger partial charge in [0.25, 0.3) is 0 Å². The molecule has 2 heteroatoms. The van der Waals surface area contributed by atoms with Crippen molar-refractivity contribution in [3.63, 3.8) is 0 Å². The van der Waals surface area contributed by atoms with E-state index in [4.69, 9.17) is 5.73 Å². The van der Waals surface area contributed by atoms with Gasteiger partial charge in [0.1, 0.15) is 0 Å². The molecule has 3 atom stereocenters. The maximum Gasteiger partial charge on any atom is 0.00946 e. The summed E-state index contributed by atoms with van der Waals surface area (Å²) in [6.45, 7) is 1.17. The second-order valence-electron chi connectivity index (χ2n) is 3.00. The van der Waals surface area contributed by atoms with Crippen molar-refractivity contribution in [1.82, 2.24) is 5.32 Å². The van der Waals surface area contributed by atoms with E-state index in [1.54, 1.807) is 0 Å². The Kier molecular flexibility index (Phi) is 0.866. The molecule has 2 fully saturated rings. The average Bonchev–Trinajstić information content (AvgIpc) is 2.23. The van der Waals surface area contributed by atoms with Crippen LogP contribution in [0.2, 0.25) is 0 Å². The van der Waals surface area contributed by atoms with Crippen LogP contribution < -0.4 is 11.1 Å². The van der Waals surface area contributed by atoms with Gasteiger partial charge in [0.2, 0.25) is 0 Å². The molecule has 0 radical (unpaired) electrons. The minimum absolute atomic E-state index is 0.515. The fourth-order valence-corrected chi connectivity index (χ4v) is 1.88. The summed E-state index contributed by atoms with van der Waals surface area (Å²) in [5.74, 6) is 0.806. The Morgan fingerprint density at radius 1 is 1.38 bits per heavy atom. The molecule has 0 aromatic carbocycles. The highest BCUT2D eigenvalue weighted by Gasteiger charge is 2.36. The minimum atomic E-state index is 0.515. The Hall–Kier alpha value is -0.0800. The van der Waals surface area contributed by atoms with E-state index in [1.807, 2.05) is 0 Å². The average molecular weight is 112 g/mol. The summed E-state index contributed by atoms with van der Waals surface area (Å²) in [5.41, 5.74) is 5.78. The van der Waals surface area contributed by atoms with Crippen LogP contribution in [0.1, 0.15) is 12.8 Å². The van der Waals surface area contributed by atoms with Crippen LogP contribution in [0.3, 0.4) is 0 Å². The van der Waals surface area contributed by atoms with Crippen LogP contribution in [0.4, 0.5) is 0 Å². The lowest BCUT2D eigenvalue weighted by Crippen LogP contribution is -2.37. The number of nitrogens with one attached hydrogen (secondary N) is 1. The number of piperidine rings is 1. The van der Waals surface area contributed by atoms with Crippen molar-refractivity contribution >= 4 is 0 Å². The minimum Gasteiger partial charge on any atom is -0.327 e. The van der Waals surface area contributed by atoms with Crippen molar-refractivity contribution in [2.24, 2.45) is 11.7 Å². The van der Waals surface area contributed by atoms with E-state index in [1.165, 1.54) is 19.4 Å². The second kappa shape index (κ2) is 1.45. The van der Waals surface area contributed by atoms with Gasteiger partial charge in [-0.3, -0.25) is 0 Å². The Morgan fingerprint density at radius 3 is 2.50 bits per heavy atom. The summed E-state index contributed by atoms with van der Waals surface area (Å²) in [7, 11) is 0. The second-order valence-corrected chi connectivity index (χ2v) is 3.00. The lowest BCUT2D eigenvalue weighted by atomic mass is 10.1. The van der Waals surface area contributed by atoms with E-state index >= 15 is 0 Å². The molecule has 1 saturated heterocycles. The van der Waals surface area contributed by atoms with Gasteiger partial charge in [0, 0.05) is 12.1 Å². The first-order chi connectivity index (χ1) is 3.86. The molecule has 1 aliphatic carbocycles. The van der Waals surface area contributed by atoms with E-state index in [2.05, 4.69) is 5.32 Å². The molecule has 1 saturated carbocycles. The van der Waals surface area contributed by atoms with Gasteiger partial charge in [0.05, 0.1) is 0 Å². The monoisotopic (exact) mass is 112 g/mol. The SMILES string of the molecule is N[C@H]1C[C@H]2C[C@@H]1CN2. The van der Waals surface area contributed by atoms with Crippen molar-refractivity contribution in [3.8, 4) is 0 Å². The zero-order valence-corrected chi connectivity index (χ0v) is 4.93. The highest BCUT2D eigenvalue weighted by molar-refractivity contribution is 4.96. The first-order valence-corrected chi connectivity index (χ1v) is 3.35. The maximum atomic E-state index is 5.78. The Balaban J connectivity index is 2.11. The molecule has 8 heavy (non-hydrogen) atoms. The van der Waals surface area contributed by atoms with Crippen LogP contribution in [-0.2, 0) is 0 Å². The molecule has 1 heterocycles. The summed E-state index contributed by atoms with van der Waals surface area (Å²) >= 11 is 0. The highest BCUT2D eigenvalue weighted by atomic mass is 15.0. The number of hydrogen-bond donors (Lipinski definition) is 2. The van der Waals surface area contributed by atoms with Gasteiger partial charge in [-0.25, -0.2) is 0 Å². The standard InChI is InChI=1S/C6H12N2/c7-6-2-5-1-4(6)3-8-5/h4-6,8H,1-3,7H2/t4-,5-,6+/m1/s1. The third-order valence-electron chi connectivity index (χ3n) is 2.42. The lowest BCUT2D eigenvalue weighted by Gasteiger charge is -2.16. The fourth-order valence-electron chi connectivity index (χ4n) is 1.88. The predicted octanol–water partition coefficient (Wildman–Crippen LogP) is -0.305. The number of rotatable bonds is 0. The molecule has 0 aromatic rings. The predicted molar refractivity (Wildman–Crippen MR) is 32.5 cm³/mol. The Labute approximate surface area is 49.4 Å². The lowest BCUT2D eigenvalue weighted by molar-refractivity contribution is 0.439. The first kappa shape index (κ1) is 4.77. The molecule has 46 valence electrons. The first-order valence-electron chi connectivity index (χ1n) is 3.35. The molecule has 2 nitrogen and oxygen atoms in total. The van der Waals surface area contributed by atoms with E-state index < -0.39 is 0 Å². The van der Waals surface area contributed by atoms with Crippen LogP contribution in [0.15, 0.2) is 0 Å². The van der Waals surface area contributed by atoms with Gasteiger partial charge in [-0.1, -0.05) is 0 Å². The molecule has 0 spiro atoms. The van der Waals surface area contributed by atoms with Crippen molar-refractivity contribution in [3.05, 3.63) is 0 Å². The van der Waals surface area contributed by atoms with Gasteiger partial charge in [-0.2, -0.15) is 0 Å². The number of nitrogens with two attached hydrogens (primary N) is 1. The normalized spacial score (nSPS) is 52.9. The van der Waals surface area contributed by atoms with Crippen molar-refractivity contribution in [2.75, 3.05) is 6.54 Å². The van der Waals surface area contributed by atoms with Crippen LogP contribution in [0.25, 0.3) is 0 Å². The van der Waals surface area contributed by atoms with E-state index in [9.17, 15) is 0 Å². The molecule has 2 bridgehead atoms. The molecule has 0 amide bonds. The maximum absolute atomic E-state index is 5.78. The van der Waals surface area contributed by atoms with Gasteiger partial charge < -0.3 is 11.1 Å². The molecule has 3 N–H and O–H groups in total. The molecule has 0 aromatic heterocycles. The quantitative estimate of drug-likeness (QED) is 0.451. The summed E-state index contributed by atoms with van der Waals surface area (Å²) in [4.78, 5) is 0. The largest absolute Gasteiger partial charge is 0.327 e. The van der Waals surface area contributed by atoms with Gasteiger partial charge >= 0.3 is 0 Å².